The third-order valence-corrected chi connectivity index (χ3v) is 20.1. The summed E-state index contributed by atoms with van der Waals surface area (Å²) < 4.78 is 75.5. The number of aliphatic hydroxyl groups excluding tert-OH is 13. The Hall–Kier alpha value is -7.17. The number of aliphatic hydroxyl groups is 13. The van der Waals surface area contributed by atoms with Crippen LogP contribution in [0.25, 0.3) is 0 Å². The normalized spacial score (nSPS) is 27.3. The smallest absolute Gasteiger partial charge is 0.237 e. The molecule has 4 saturated heterocycles. The SMILES string of the molecule is CC(=O)N[C@H]1[C@H](OCCOCCn2cc(CN(CCCC[C@@H](C(=O)NCCCCCCO)N(Cc3cn(CCOCCO[C@@H]4O[C@H](CO)[C@H](O)[C@H](O)[C@H]4NC(C)=O)nn3)Cc3cn(CCOCCO[C@@H]4O[C@H](CO)[C@H](O)[C@H](O)[C@H]4NC(C)=O)nn3)Cc3cn(CCOCCO[C@@H]4O[C@H](CO)[C@H](O)[C@H](O)[C@H]4NC(C)=O)nn3)nn2)O[C@H](CO)[C@H](O)[C@@H]1O. The Labute approximate surface area is 697 Å². The van der Waals surface area contributed by atoms with Gasteiger partial charge >= 0.3 is 0 Å². The molecule has 4 fully saturated rings. The number of nitrogens with one attached hydrogen (secondary N) is 5. The average Bonchev–Trinajstić information content (AvgIpc) is 1.26. The lowest BCUT2D eigenvalue weighted by Gasteiger charge is -2.42. The molecule has 21 atom stereocenters. The van der Waals surface area contributed by atoms with Gasteiger partial charge in [0.2, 0.25) is 29.5 Å². The molecule has 5 amide bonds. The predicted molar refractivity (Wildman–Crippen MR) is 408 cm³/mol. The van der Waals surface area contributed by atoms with Crippen LogP contribution in [0.5, 0.6) is 0 Å². The van der Waals surface area contributed by atoms with Gasteiger partial charge in [-0.25, -0.2) is 18.7 Å². The van der Waals surface area contributed by atoms with Crippen LogP contribution in [0.4, 0.5) is 0 Å². The molecule has 4 aromatic heterocycles. The highest BCUT2D eigenvalue weighted by atomic mass is 16.7. The highest BCUT2D eigenvalue weighted by Gasteiger charge is 2.49. The molecule has 4 aliphatic rings. The lowest BCUT2D eigenvalue weighted by molar-refractivity contribution is -0.272. The number of hydrogen-bond acceptors (Lipinski definition) is 40. The van der Waals surface area contributed by atoms with E-state index in [2.05, 4.69) is 72.7 Å². The molecule has 49 heteroatoms. The van der Waals surface area contributed by atoms with Crippen LogP contribution in [0.1, 0.15) is 95.4 Å². The van der Waals surface area contributed by atoms with E-state index < -0.39 is 179 Å². The molecular formula is C72H123N19O30. The van der Waals surface area contributed by atoms with Crippen molar-refractivity contribution in [2.24, 2.45) is 0 Å². The monoisotopic (exact) mass is 1730 g/mol. The second-order valence-corrected chi connectivity index (χ2v) is 29.6. The van der Waals surface area contributed by atoms with E-state index in [-0.39, 0.29) is 144 Å². The van der Waals surface area contributed by atoms with Crippen LogP contribution in [0.2, 0.25) is 0 Å². The molecule has 49 nitrogen and oxygen atoms in total. The molecule has 0 unspecified atom stereocenters. The Bertz CT molecular complexity index is 3430. The summed E-state index contributed by atoms with van der Waals surface area (Å²) in [5, 5.41) is 182. The third kappa shape index (κ3) is 32.1. The number of carbonyl (C=O) groups is 5. The lowest BCUT2D eigenvalue weighted by atomic mass is 9.97. The molecule has 8 rings (SSSR count). The molecule has 0 spiro atoms. The lowest BCUT2D eigenvalue weighted by Crippen LogP contribution is -2.64. The van der Waals surface area contributed by atoms with Gasteiger partial charge in [0.15, 0.2) is 25.2 Å². The Morgan fingerprint density at radius 2 is 0.686 bits per heavy atom. The molecule has 0 bridgehead atoms. The van der Waals surface area contributed by atoms with Gasteiger partial charge in [-0.1, -0.05) is 40.1 Å². The highest BCUT2D eigenvalue weighted by molar-refractivity contribution is 5.81. The summed E-state index contributed by atoms with van der Waals surface area (Å²) in [4.78, 5) is 66.8. The number of unbranched alkanes of at least 4 members (excludes halogenated alkanes) is 4. The van der Waals surface area contributed by atoms with Gasteiger partial charge < -0.3 is 150 Å². The maximum Gasteiger partial charge on any atom is 0.237 e. The van der Waals surface area contributed by atoms with E-state index in [4.69, 9.17) is 56.8 Å². The standard InChI is InChI=1S/C72H123N19O30/c1-43(97)74-56-64(105)60(101)52(39-93)118-69(56)114-27-23-110-19-14-88-35-47(78-82-88)31-86(32-48-36-89(83-79-48)15-20-111-24-28-115-70-57(75-44(2)98)65(106)61(102)53(40-94)119-70)13-9-7-11-51(68(109)73-12-8-5-6-10-18-92)87(33-49-37-90(84-80-49)16-21-112-25-29-116-71-58(76-45(3)99)66(107)62(103)54(41-95)120-71)34-50-38-91(85-81-50)17-22-113-26-30-117-72-59(77-46(4)100)67(108)63(104)55(42-96)121-72/h35-38,51-67,69-72,92-96,101-108H,5-34,39-42H2,1-4H3,(H,73,109)(H,74,97)(H,75,98)(H,76,99)(H,77,100)/t51-,52+,53+,54+,55+,56+,57+,58+,59+,60-,61-,62-,63-,64+,65+,66+,67+,69+,70+,71+,72+/m0/s1. The summed E-state index contributed by atoms with van der Waals surface area (Å²) in [5.74, 6) is -2.29. The minimum Gasteiger partial charge on any atom is -0.396 e. The van der Waals surface area contributed by atoms with Crippen molar-refractivity contribution in [2.75, 3.05) is 125 Å². The molecule has 0 saturated carbocycles. The number of hydrogen-bond donors (Lipinski definition) is 18. The van der Waals surface area contributed by atoms with E-state index >= 15 is 0 Å². The molecule has 18 N–H and O–H groups in total. The van der Waals surface area contributed by atoms with Crippen molar-refractivity contribution in [3.63, 3.8) is 0 Å². The summed E-state index contributed by atoms with van der Waals surface area (Å²) in [6.07, 6.45) is -10.4. The second-order valence-electron chi connectivity index (χ2n) is 29.6. The first-order valence-corrected chi connectivity index (χ1v) is 40.6. The first kappa shape index (κ1) is 99.3. The van der Waals surface area contributed by atoms with Crippen LogP contribution >= 0.6 is 0 Å². The van der Waals surface area contributed by atoms with E-state index in [1.54, 1.807) is 43.5 Å². The first-order chi connectivity index (χ1) is 58.3. The van der Waals surface area contributed by atoms with Crippen molar-refractivity contribution in [2.45, 2.75) is 254 Å². The van der Waals surface area contributed by atoms with Crippen molar-refractivity contribution < 1.29 is 147 Å². The molecule has 686 valence electrons. The molecule has 8 heterocycles. The molecule has 4 aromatic rings. The second kappa shape index (κ2) is 52.6. The Kier molecular flexibility index (Phi) is 43.1. The highest BCUT2D eigenvalue weighted by Crippen LogP contribution is 2.28. The van der Waals surface area contributed by atoms with Gasteiger partial charge in [0.05, 0.1) is 161 Å². The molecule has 0 aromatic carbocycles. The number of nitrogens with zero attached hydrogens (tertiary/aromatic N) is 14. The topological polar surface area (TPSA) is 649 Å². The van der Waals surface area contributed by atoms with Crippen LogP contribution in [-0.4, -0.2) is 420 Å². The van der Waals surface area contributed by atoms with E-state index in [0.717, 1.165) is 12.8 Å². The van der Waals surface area contributed by atoms with Crippen LogP contribution in [0.3, 0.4) is 0 Å². The molecule has 0 aliphatic carbocycles. The van der Waals surface area contributed by atoms with Gasteiger partial charge in [0.1, 0.15) is 97.4 Å². The fraction of sp³-hybridized carbons (Fsp3) is 0.819. The number of ether oxygens (including phenoxy) is 12. The Morgan fingerprint density at radius 3 is 0.975 bits per heavy atom. The zero-order chi connectivity index (χ0) is 87.3. The van der Waals surface area contributed by atoms with Crippen LogP contribution in [0, 0.1) is 0 Å². The van der Waals surface area contributed by atoms with Crippen molar-refractivity contribution in [3.05, 3.63) is 47.6 Å². The molecule has 0 radical (unpaired) electrons. The van der Waals surface area contributed by atoms with Crippen LogP contribution < -0.4 is 26.6 Å². The van der Waals surface area contributed by atoms with E-state index in [9.17, 15) is 90.4 Å². The van der Waals surface area contributed by atoms with Gasteiger partial charge in [-0.3, -0.25) is 33.8 Å². The van der Waals surface area contributed by atoms with Crippen molar-refractivity contribution in [1.29, 1.82) is 0 Å². The zero-order valence-electron chi connectivity index (χ0n) is 68.5. The number of amides is 5. The van der Waals surface area contributed by atoms with E-state index in [1.807, 2.05) is 4.90 Å². The largest absolute Gasteiger partial charge is 0.396 e. The molecule has 4 aliphatic heterocycles. The number of aromatic nitrogens is 12. The van der Waals surface area contributed by atoms with Crippen molar-refractivity contribution in [1.82, 2.24) is 96.4 Å². The van der Waals surface area contributed by atoms with E-state index in [1.165, 1.54) is 27.7 Å². The summed E-state index contributed by atoms with van der Waals surface area (Å²) in [5.41, 5.74) is 2.13. The quantitative estimate of drug-likeness (QED) is 0.0183. The first-order valence-electron chi connectivity index (χ1n) is 40.6. The van der Waals surface area contributed by atoms with E-state index in [0.29, 0.717) is 68.0 Å². The van der Waals surface area contributed by atoms with Gasteiger partial charge in [0.25, 0.3) is 0 Å². The average molecular weight is 1730 g/mol. The van der Waals surface area contributed by atoms with Gasteiger partial charge in [-0.2, -0.15) is 0 Å². The summed E-state index contributed by atoms with van der Waals surface area (Å²) in [6, 6.07) is -5.35. The summed E-state index contributed by atoms with van der Waals surface area (Å²) in [7, 11) is 0. The predicted octanol–water partition coefficient (Wildman–Crippen LogP) is -10.1. The maximum absolute atomic E-state index is 14.9. The van der Waals surface area contributed by atoms with Crippen molar-refractivity contribution >= 4 is 29.5 Å². The van der Waals surface area contributed by atoms with Crippen LogP contribution in [0.15, 0.2) is 24.8 Å². The van der Waals surface area contributed by atoms with Gasteiger partial charge in [0, 0.05) is 91.8 Å². The minimum absolute atomic E-state index is 0.0252. The number of rotatable bonds is 57. The van der Waals surface area contributed by atoms with Gasteiger partial charge in [-0.15, -0.1) is 20.4 Å². The molecule has 121 heavy (non-hydrogen) atoms. The number of carbonyl (C=O) groups excluding carboxylic acids is 5. The molecular weight excluding hydrogens is 1610 g/mol. The Balaban J connectivity index is 0.947. The summed E-state index contributed by atoms with van der Waals surface area (Å²) >= 11 is 0. The fourth-order valence-electron chi connectivity index (χ4n) is 13.9. The minimum atomic E-state index is -1.50. The van der Waals surface area contributed by atoms with Gasteiger partial charge in [-0.05, 0) is 32.2 Å². The van der Waals surface area contributed by atoms with Crippen molar-refractivity contribution in [3.8, 4) is 0 Å². The fourth-order valence-corrected chi connectivity index (χ4v) is 13.9. The Morgan fingerprint density at radius 1 is 0.388 bits per heavy atom. The maximum atomic E-state index is 14.9. The zero-order valence-corrected chi connectivity index (χ0v) is 68.5. The third-order valence-electron chi connectivity index (χ3n) is 20.1. The summed E-state index contributed by atoms with van der Waals surface area (Å²) in [6.45, 7) is 5.44. The van der Waals surface area contributed by atoms with Crippen LogP contribution in [-0.2, 0) is 133 Å².